The molecule has 7 heteroatoms. The highest BCUT2D eigenvalue weighted by Crippen LogP contribution is 2.29. The molecule has 0 unspecified atom stereocenters. The molecule has 0 aliphatic carbocycles. The third-order valence-corrected chi connectivity index (χ3v) is 4.43. The maximum atomic E-state index is 14.6. The van der Waals surface area contributed by atoms with Crippen LogP contribution in [0.4, 0.5) is 4.39 Å². The van der Waals surface area contributed by atoms with Crippen LogP contribution in [0, 0.1) is 5.82 Å². The monoisotopic (exact) mass is 383 g/mol. The largest absolute Gasteiger partial charge is 0.381 e. The molecule has 3 heterocycles. The molecule has 5 nitrogen and oxygen atoms in total. The quantitative estimate of drug-likeness (QED) is 0.745. The van der Waals surface area contributed by atoms with Crippen LogP contribution in [-0.2, 0) is 22.6 Å². The molecule has 0 atom stereocenters. The minimum absolute atomic E-state index is 0.00569. The van der Waals surface area contributed by atoms with Gasteiger partial charge in [0.25, 0.3) is 0 Å². The highest BCUT2D eigenvalue weighted by atomic mass is 79.9. The fourth-order valence-corrected chi connectivity index (χ4v) is 3.19. The highest BCUT2D eigenvalue weighted by Gasteiger charge is 2.27. The Balaban J connectivity index is 1.75. The molecule has 3 rings (SSSR count). The number of aromatic nitrogens is 2. The summed E-state index contributed by atoms with van der Waals surface area (Å²) in [4.78, 5) is 18.2. The van der Waals surface area contributed by atoms with Crippen molar-refractivity contribution in [3.05, 3.63) is 28.2 Å². The number of nitrogens with zero attached hydrogens (tertiary/aromatic N) is 3. The van der Waals surface area contributed by atoms with Gasteiger partial charge in [0.15, 0.2) is 5.82 Å². The predicted molar refractivity (Wildman–Crippen MR) is 88.5 cm³/mol. The third kappa shape index (κ3) is 3.26. The van der Waals surface area contributed by atoms with E-state index < -0.39 is 0 Å². The molecule has 0 fully saturated rings. The van der Waals surface area contributed by atoms with Crippen molar-refractivity contribution in [2.75, 3.05) is 19.8 Å². The van der Waals surface area contributed by atoms with E-state index in [1.807, 2.05) is 11.5 Å². The molecule has 23 heavy (non-hydrogen) atoms. The van der Waals surface area contributed by atoms with Gasteiger partial charge >= 0.3 is 0 Å². The fourth-order valence-electron chi connectivity index (χ4n) is 2.86. The van der Waals surface area contributed by atoms with Gasteiger partial charge in [0.05, 0.1) is 30.7 Å². The number of rotatable bonds is 5. The predicted octanol–water partition coefficient (Wildman–Crippen LogP) is 3.10. The Morgan fingerprint density at radius 1 is 1.43 bits per heavy atom. The van der Waals surface area contributed by atoms with Gasteiger partial charge in [0.1, 0.15) is 5.65 Å². The Labute approximate surface area is 142 Å². The summed E-state index contributed by atoms with van der Waals surface area (Å²) in [5, 5.41) is 0.495. The van der Waals surface area contributed by atoms with Gasteiger partial charge in [0, 0.05) is 30.4 Å². The fraction of sp³-hybridized carbons (Fsp3) is 0.500. The lowest BCUT2D eigenvalue weighted by atomic mass is 10.2. The maximum absolute atomic E-state index is 14.6. The molecule has 0 aromatic carbocycles. The van der Waals surface area contributed by atoms with Gasteiger partial charge in [-0.2, -0.15) is 0 Å². The smallest absolute Gasteiger partial charge is 0.225 e. The average Bonchev–Trinajstić information content (AvgIpc) is 2.83. The molecule has 0 bridgehead atoms. The van der Waals surface area contributed by atoms with Crippen LogP contribution in [0.3, 0.4) is 0 Å². The molecule has 0 saturated heterocycles. The molecule has 0 N–H and O–H groups in total. The normalized spacial score (nSPS) is 14.3. The van der Waals surface area contributed by atoms with Crippen LogP contribution < -0.4 is 0 Å². The molecule has 0 radical (unpaired) electrons. The molecule has 1 aliphatic heterocycles. The highest BCUT2D eigenvalue weighted by molar-refractivity contribution is 9.10. The maximum Gasteiger partial charge on any atom is 0.225 e. The summed E-state index contributed by atoms with van der Waals surface area (Å²) in [5.74, 6) is -0.278. The first kappa shape index (κ1) is 16.4. The van der Waals surface area contributed by atoms with Gasteiger partial charge in [-0.05, 0) is 28.4 Å². The molecule has 0 saturated carbocycles. The lowest BCUT2D eigenvalue weighted by Gasteiger charge is -2.28. The van der Waals surface area contributed by atoms with E-state index in [4.69, 9.17) is 4.74 Å². The molecular weight excluding hydrogens is 365 g/mol. The topological polar surface area (TPSA) is 47.4 Å². The summed E-state index contributed by atoms with van der Waals surface area (Å²) < 4.78 is 22.6. The van der Waals surface area contributed by atoms with E-state index in [1.54, 1.807) is 17.2 Å². The summed E-state index contributed by atoms with van der Waals surface area (Å²) in [6.45, 7) is 4.53. The van der Waals surface area contributed by atoms with E-state index in [0.29, 0.717) is 49.5 Å². The van der Waals surface area contributed by atoms with Gasteiger partial charge < -0.3 is 14.2 Å². The van der Waals surface area contributed by atoms with Crippen LogP contribution in [0.1, 0.15) is 25.5 Å². The van der Waals surface area contributed by atoms with E-state index in [2.05, 4.69) is 20.9 Å². The molecule has 1 amide bonds. The lowest BCUT2D eigenvalue weighted by molar-refractivity contribution is -0.133. The third-order valence-electron chi connectivity index (χ3n) is 4.00. The lowest BCUT2D eigenvalue weighted by Crippen LogP contribution is -2.38. The van der Waals surface area contributed by atoms with Gasteiger partial charge in [-0.1, -0.05) is 6.92 Å². The number of halogens is 2. The van der Waals surface area contributed by atoms with Gasteiger partial charge in [-0.3, -0.25) is 4.79 Å². The van der Waals surface area contributed by atoms with Gasteiger partial charge in [-0.15, -0.1) is 0 Å². The standard InChI is InChI=1S/C16H19BrFN3O2/c1-2-6-23-7-3-14(22)20-4-5-21-13(10-20)15(18)12-8-11(17)9-19-16(12)21/h8-9H,2-7,10H2,1H3. The molecule has 0 spiro atoms. The van der Waals surface area contributed by atoms with E-state index in [-0.39, 0.29) is 18.3 Å². The molecule has 2 aromatic rings. The van der Waals surface area contributed by atoms with Crippen molar-refractivity contribution in [1.29, 1.82) is 0 Å². The molecule has 124 valence electrons. The Morgan fingerprint density at radius 3 is 3.04 bits per heavy atom. The van der Waals surface area contributed by atoms with Crippen molar-refractivity contribution in [2.45, 2.75) is 32.9 Å². The van der Waals surface area contributed by atoms with Crippen LogP contribution >= 0.6 is 15.9 Å². The first-order valence-corrected chi connectivity index (χ1v) is 8.58. The minimum atomic E-state index is -0.284. The SMILES string of the molecule is CCCOCCC(=O)N1CCn2c(c(F)c3cc(Br)cnc32)C1. The van der Waals surface area contributed by atoms with Crippen molar-refractivity contribution < 1.29 is 13.9 Å². The second-order valence-electron chi connectivity index (χ2n) is 5.61. The van der Waals surface area contributed by atoms with Crippen LogP contribution in [-0.4, -0.2) is 40.1 Å². The first-order valence-electron chi connectivity index (χ1n) is 7.79. The Kier molecular flexibility index (Phi) is 4.96. The summed E-state index contributed by atoms with van der Waals surface area (Å²) in [7, 11) is 0. The number of pyridine rings is 1. The first-order chi connectivity index (χ1) is 11.1. The minimum Gasteiger partial charge on any atom is -0.381 e. The zero-order chi connectivity index (χ0) is 16.4. The Morgan fingerprint density at radius 2 is 2.26 bits per heavy atom. The number of carbonyl (C=O) groups is 1. The van der Waals surface area contributed by atoms with Gasteiger partial charge in [-0.25, -0.2) is 9.37 Å². The second-order valence-corrected chi connectivity index (χ2v) is 6.53. The van der Waals surface area contributed by atoms with Crippen LogP contribution in [0.25, 0.3) is 11.0 Å². The zero-order valence-electron chi connectivity index (χ0n) is 13.0. The van der Waals surface area contributed by atoms with Crippen molar-refractivity contribution in [3.8, 4) is 0 Å². The van der Waals surface area contributed by atoms with Gasteiger partial charge in [0.2, 0.25) is 5.91 Å². The van der Waals surface area contributed by atoms with E-state index >= 15 is 0 Å². The van der Waals surface area contributed by atoms with Crippen molar-refractivity contribution >= 4 is 32.9 Å². The van der Waals surface area contributed by atoms with Crippen LogP contribution in [0.2, 0.25) is 0 Å². The van der Waals surface area contributed by atoms with Crippen LogP contribution in [0.5, 0.6) is 0 Å². The Bertz CT molecular complexity index is 732. The number of carbonyl (C=O) groups excluding carboxylic acids is 1. The molecule has 2 aromatic heterocycles. The van der Waals surface area contributed by atoms with E-state index in [0.717, 1.165) is 10.9 Å². The number of amides is 1. The number of hydrogen-bond donors (Lipinski definition) is 0. The van der Waals surface area contributed by atoms with E-state index in [1.165, 1.54) is 0 Å². The Hall–Kier alpha value is -1.47. The van der Waals surface area contributed by atoms with Crippen molar-refractivity contribution in [1.82, 2.24) is 14.5 Å². The van der Waals surface area contributed by atoms with Crippen molar-refractivity contribution in [2.24, 2.45) is 0 Å². The number of ether oxygens (including phenoxy) is 1. The summed E-state index contributed by atoms with van der Waals surface area (Å²) >= 11 is 3.32. The zero-order valence-corrected chi connectivity index (χ0v) is 14.6. The van der Waals surface area contributed by atoms with E-state index in [9.17, 15) is 9.18 Å². The van der Waals surface area contributed by atoms with Crippen LogP contribution in [0.15, 0.2) is 16.7 Å². The number of fused-ring (bicyclic) bond motifs is 3. The number of hydrogen-bond acceptors (Lipinski definition) is 3. The summed E-state index contributed by atoms with van der Waals surface area (Å²) in [6.07, 6.45) is 2.94. The average molecular weight is 384 g/mol. The second kappa shape index (κ2) is 6.97. The summed E-state index contributed by atoms with van der Waals surface area (Å²) in [6, 6.07) is 1.73. The molecular formula is C16H19BrFN3O2. The summed E-state index contributed by atoms with van der Waals surface area (Å²) in [5.41, 5.74) is 1.17. The molecule has 1 aliphatic rings. The van der Waals surface area contributed by atoms with Crippen molar-refractivity contribution in [3.63, 3.8) is 0 Å².